The Kier molecular flexibility index (Phi) is 3.67. The van der Waals surface area contributed by atoms with Crippen LogP contribution in [0.15, 0.2) is 18.2 Å². The molecular formula is C20H24N4O3. The maximum atomic E-state index is 12.8. The average Bonchev–Trinajstić information content (AvgIpc) is 3.25. The molecule has 7 nitrogen and oxygen atoms in total. The number of amides is 3. The van der Waals surface area contributed by atoms with Gasteiger partial charge in [-0.25, -0.2) is 0 Å². The molecule has 1 aromatic rings. The summed E-state index contributed by atoms with van der Waals surface area (Å²) in [6.45, 7) is 2.22. The summed E-state index contributed by atoms with van der Waals surface area (Å²) in [5.41, 5.74) is 9.23. The summed E-state index contributed by atoms with van der Waals surface area (Å²) in [5.74, 6) is -0.749. The van der Waals surface area contributed by atoms with Crippen LogP contribution >= 0.6 is 0 Å². The molecule has 2 bridgehead atoms. The van der Waals surface area contributed by atoms with Gasteiger partial charge in [-0.05, 0) is 42.9 Å². The summed E-state index contributed by atoms with van der Waals surface area (Å²) in [7, 11) is 0. The number of carbonyl (C=O) groups is 3. The highest BCUT2D eigenvalue weighted by Crippen LogP contribution is 2.40. The number of likely N-dealkylation sites (tertiary alicyclic amines) is 1. The van der Waals surface area contributed by atoms with Crippen LogP contribution in [-0.2, 0) is 22.7 Å². The van der Waals surface area contributed by atoms with E-state index < -0.39 is 6.04 Å². The van der Waals surface area contributed by atoms with E-state index in [1.165, 1.54) is 12.0 Å². The summed E-state index contributed by atoms with van der Waals surface area (Å²) >= 11 is 0. The van der Waals surface area contributed by atoms with Gasteiger partial charge in [0.1, 0.15) is 6.04 Å². The lowest BCUT2D eigenvalue weighted by Crippen LogP contribution is -2.52. The molecule has 3 heterocycles. The molecule has 2 saturated heterocycles. The first-order valence-electron chi connectivity index (χ1n) is 9.71. The smallest absolute Gasteiger partial charge is 0.255 e. The van der Waals surface area contributed by atoms with Crippen molar-refractivity contribution in [3.63, 3.8) is 0 Å². The minimum absolute atomic E-state index is 0.0140. The zero-order valence-corrected chi connectivity index (χ0v) is 15.2. The first-order chi connectivity index (χ1) is 12.9. The summed E-state index contributed by atoms with van der Waals surface area (Å²) in [6.07, 6.45) is 4.04. The fourth-order valence-electron chi connectivity index (χ4n) is 5.26. The number of nitrogens with two attached hydrogens (primary N) is 1. The monoisotopic (exact) mass is 368 g/mol. The Morgan fingerprint density at radius 2 is 2.07 bits per heavy atom. The predicted molar refractivity (Wildman–Crippen MR) is 97.5 cm³/mol. The topological polar surface area (TPSA) is 95.7 Å². The molecule has 3 fully saturated rings. The van der Waals surface area contributed by atoms with Gasteiger partial charge < -0.3 is 10.6 Å². The van der Waals surface area contributed by atoms with Gasteiger partial charge in [0.15, 0.2) is 0 Å². The number of nitrogens with zero attached hydrogens (tertiary/aromatic N) is 2. The van der Waals surface area contributed by atoms with Gasteiger partial charge in [-0.3, -0.25) is 24.6 Å². The van der Waals surface area contributed by atoms with Gasteiger partial charge in [-0.1, -0.05) is 12.1 Å². The number of nitrogens with one attached hydrogen (secondary N) is 1. The van der Waals surface area contributed by atoms with Crippen molar-refractivity contribution in [1.29, 1.82) is 0 Å². The maximum absolute atomic E-state index is 12.8. The van der Waals surface area contributed by atoms with Gasteiger partial charge in [-0.15, -0.1) is 0 Å². The molecule has 0 radical (unpaired) electrons. The third kappa shape index (κ3) is 2.76. The van der Waals surface area contributed by atoms with E-state index in [0.717, 1.165) is 31.5 Å². The Balaban J connectivity index is 1.32. The molecule has 1 aromatic carbocycles. The van der Waals surface area contributed by atoms with E-state index in [0.29, 0.717) is 24.6 Å². The highest BCUT2D eigenvalue weighted by molar-refractivity contribution is 6.05. The van der Waals surface area contributed by atoms with Gasteiger partial charge in [-0.2, -0.15) is 0 Å². The zero-order valence-electron chi connectivity index (χ0n) is 15.2. The normalized spacial score (nSPS) is 32.9. The van der Waals surface area contributed by atoms with E-state index >= 15 is 0 Å². The molecule has 5 rings (SSSR count). The third-order valence-electron chi connectivity index (χ3n) is 6.63. The fourth-order valence-corrected chi connectivity index (χ4v) is 5.26. The Hall–Kier alpha value is -2.25. The molecule has 3 N–H and O–H groups in total. The van der Waals surface area contributed by atoms with Gasteiger partial charge >= 0.3 is 0 Å². The minimum atomic E-state index is -0.558. The van der Waals surface area contributed by atoms with Crippen molar-refractivity contribution in [2.24, 2.45) is 5.73 Å². The largest absolute Gasteiger partial charge is 0.324 e. The lowest BCUT2D eigenvalue weighted by molar-refractivity contribution is -0.136. The van der Waals surface area contributed by atoms with Crippen LogP contribution in [0.2, 0.25) is 0 Å². The Morgan fingerprint density at radius 1 is 1.22 bits per heavy atom. The number of benzene rings is 1. The second-order valence-electron chi connectivity index (χ2n) is 8.56. The molecule has 3 atom stereocenters. The van der Waals surface area contributed by atoms with Crippen molar-refractivity contribution >= 4 is 17.7 Å². The van der Waals surface area contributed by atoms with Crippen LogP contribution in [0.3, 0.4) is 0 Å². The van der Waals surface area contributed by atoms with E-state index in [4.69, 9.17) is 5.73 Å². The zero-order chi connectivity index (χ0) is 18.8. The predicted octanol–water partition coefficient (Wildman–Crippen LogP) is 0.513. The molecule has 0 aromatic heterocycles. The third-order valence-corrected chi connectivity index (χ3v) is 6.63. The highest BCUT2D eigenvalue weighted by atomic mass is 16.2. The van der Waals surface area contributed by atoms with Gasteiger partial charge in [0, 0.05) is 43.2 Å². The molecule has 142 valence electrons. The molecule has 3 unspecified atom stereocenters. The number of hydrogen-bond donors (Lipinski definition) is 2. The van der Waals surface area contributed by atoms with Crippen molar-refractivity contribution < 1.29 is 14.4 Å². The van der Waals surface area contributed by atoms with Crippen LogP contribution in [0, 0.1) is 0 Å². The maximum Gasteiger partial charge on any atom is 0.255 e. The molecule has 27 heavy (non-hydrogen) atoms. The Labute approximate surface area is 157 Å². The van der Waals surface area contributed by atoms with Crippen LogP contribution in [0.4, 0.5) is 0 Å². The number of rotatable bonds is 3. The van der Waals surface area contributed by atoms with E-state index in [2.05, 4.69) is 16.3 Å². The standard InChI is InChI=1S/C20H24N4O3/c21-20-6-5-14(8-20)23(11-20)9-12-1-2-15-13(7-12)10-24(19(15)27)16-3-4-17(25)22-18(16)26/h1-2,7,14,16H,3-6,8-11,21H2,(H,22,25,26). The first-order valence-corrected chi connectivity index (χ1v) is 9.71. The van der Waals surface area contributed by atoms with E-state index in [1.54, 1.807) is 4.90 Å². The Bertz CT molecular complexity index is 854. The van der Waals surface area contributed by atoms with E-state index in [-0.39, 0.29) is 29.7 Å². The molecule has 1 aliphatic carbocycles. The first kappa shape index (κ1) is 16.9. The van der Waals surface area contributed by atoms with Crippen LogP contribution in [0.1, 0.15) is 53.6 Å². The average molecular weight is 368 g/mol. The van der Waals surface area contributed by atoms with Gasteiger partial charge in [0.05, 0.1) is 0 Å². The molecule has 0 spiro atoms. The number of hydrogen-bond acceptors (Lipinski definition) is 5. The summed E-state index contributed by atoms with van der Waals surface area (Å²) < 4.78 is 0. The summed E-state index contributed by atoms with van der Waals surface area (Å²) in [5, 5.41) is 2.34. The molecule has 7 heteroatoms. The number of imide groups is 1. The van der Waals surface area contributed by atoms with Crippen molar-refractivity contribution in [3.8, 4) is 0 Å². The molecule has 3 aliphatic heterocycles. The van der Waals surface area contributed by atoms with Crippen molar-refractivity contribution in [2.75, 3.05) is 6.54 Å². The molecule has 3 amide bonds. The van der Waals surface area contributed by atoms with E-state index in [1.807, 2.05) is 12.1 Å². The SMILES string of the molecule is NC12CCC(C1)N(Cc1ccc3c(c1)CN(C1CCC(=O)NC1=O)C3=O)C2. The summed E-state index contributed by atoms with van der Waals surface area (Å²) in [4.78, 5) is 40.3. The van der Waals surface area contributed by atoms with E-state index in [9.17, 15) is 14.4 Å². The fraction of sp³-hybridized carbons (Fsp3) is 0.550. The number of piperidine rings is 2. The quantitative estimate of drug-likeness (QED) is 0.758. The lowest BCUT2D eigenvalue weighted by Gasteiger charge is -2.30. The summed E-state index contributed by atoms with van der Waals surface area (Å²) in [6, 6.07) is 6.00. The lowest BCUT2D eigenvalue weighted by atomic mass is 10.0. The van der Waals surface area contributed by atoms with Gasteiger partial charge in [0.25, 0.3) is 5.91 Å². The van der Waals surface area contributed by atoms with Crippen molar-refractivity contribution in [3.05, 3.63) is 34.9 Å². The molecule has 1 saturated carbocycles. The van der Waals surface area contributed by atoms with Crippen LogP contribution in [-0.4, -0.2) is 51.7 Å². The van der Waals surface area contributed by atoms with Crippen LogP contribution in [0.5, 0.6) is 0 Å². The van der Waals surface area contributed by atoms with Crippen LogP contribution < -0.4 is 11.1 Å². The second-order valence-corrected chi connectivity index (χ2v) is 8.56. The highest BCUT2D eigenvalue weighted by Gasteiger charge is 2.46. The second kappa shape index (κ2) is 5.87. The minimum Gasteiger partial charge on any atom is -0.324 e. The molecule has 4 aliphatic rings. The molecular weight excluding hydrogens is 344 g/mol. The van der Waals surface area contributed by atoms with Crippen LogP contribution in [0.25, 0.3) is 0 Å². The van der Waals surface area contributed by atoms with Crippen molar-refractivity contribution in [1.82, 2.24) is 15.1 Å². The number of fused-ring (bicyclic) bond motifs is 3. The number of carbonyl (C=O) groups excluding carboxylic acids is 3. The Morgan fingerprint density at radius 3 is 2.78 bits per heavy atom. The van der Waals surface area contributed by atoms with Gasteiger partial charge in [0.2, 0.25) is 11.8 Å². The van der Waals surface area contributed by atoms with Crippen molar-refractivity contribution in [2.45, 2.75) is 62.8 Å².